The highest BCUT2D eigenvalue weighted by molar-refractivity contribution is 5.94. The van der Waals surface area contributed by atoms with Gasteiger partial charge in [0.05, 0.1) is 0 Å². The molecule has 1 saturated heterocycles. The molecule has 3 nitrogen and oxygen atoms in total. The number of benzene rings is 1. The molecule has 0 atom stereocenters. The number of piperazine rings is 1. The van der Waals surface area contributed by atoms with Crippen molar-refractivity contribution in [2.75, 3.05) is 32.7 Å². The van der Waals surface area contributed by atoms with Crippen molar-refractivity contribution in [3.05, 3.63) is 35.4 Å². The molecule has 0 bridgehead atoms. The van der Waals surface area contributed by atoms with Gasteiger partial charge in [-0.05, 0) is 49.4 Å². The lowest BCUT2D eigenvalue weighted by Gasteiger charge is -2.34. The maximum atomic E-state index is 12.7. The Morgan fingerprint density at radius 2 is 1.65 bits per heavy atom. The van der Waals surface area contributed by atoms with Crippen molar-refractivity contribution in [1.82, 2.24) is 9.80 Å². The fourth-order valence-corrected chi connectivity index (χ4v) is 4.01. The van der Waals surface area contributed by atoms with E-state index in [1.165, 1.54) is 44.1 Å². The Morgan fingerprint density at radius 1 is 1.00 bits per heavy atom. The fourth-order valence-electron chi connectivity index (χ4n) is 4.01. The zero-order valence-electron chi connectivity index (χ0n) is 14.5. The highest BCUT2D eigenvalue weighted by atomic mass is 16.2. The molecule has 1 aliphatic heterocycles. The van der Waals surface area contributed by atoms with Crippen molar-refractivity contribution in [3.63, 3.8) is 0 Å². The molecule has 0 spiro atoms. The second-order valence-electron chi connectivity index (χ2n) is 7.09. The van der Waals surface area contributed by atoms with E-state index in [0.717, 1.165) is 38.3 Å². The zero-order chi connectivity index (χ0) is 16.1. The fraction of sp³-hybridized carbons (Fsp3) is 0.650. The standard InChI is InChI=1S/C20H30N2O/c1-2-12-21-13-15-22(16-14-21)20(23)19-10-8-18(9-11-19)17-6-4-3-5-7-17/h8-11,17H,2-7,12-16H2,1H3. The summed E-state index contributed by atoms with van der Waals surface area (Å²) in [6, 6.07) is 8.47. The van der Waals surface area contributed by atoms with Gasteiger partial charge in [-0.1, -0.05) is 38.3 Å². The molecule has 1 heterocycles. The number of hydrogen-bond acceptors (Lipinski definition) is 2. The van der Waals surface area contributed by atoms with Crippen LogP contribution < -0.4 is 0 Å². The van der Waals surface area contributed by atoms with Gasteiger partial charge in [0.15, 0.2) is 0 Å². The first-order valence-electron chi connectivity index (χ1n) is 9.39. The molecular formula is C20H30N2O. The maximum Gasteiger partial charge on any atom is 0.253 e. The van der Waals surface area contributed by atoms with E-state index in [2.05, 4.69) is 24.0 Å². The van der Waals surface area contributed by atoms with Crippen molar-refractivity contribution in [2.45, 2.75) is 51.4 Å². The van der Waals surface area contributed by atoms with Crippen LogP contribution in [0.4, 0.5) is 0 Å². The number of hydrogen-bond donors (Lipinski definition) is 0. The van der Waals surface area contributed by atoms with Crippen LogP contribution in [0.15, 0.2) is 24.3 Å². The van der Waals surface area contributed by atoms with Gasteiger partial charge in [-0.15, -0.1) is 0 Å². The van der Waals surface area contributed by atoms with Gasteiger partial charge in [-0.25, -0.2) is 0 Å². The third-order valence-electron chi connectivity index (χ3n) is 5.43. The Labute approximate surface area is 140 Å². The SMILES string of the molecule is CCCN1CCN(C(=O)c2ccc(C3CCCCC3)cc2)CC1. The summed E-state index contributed by atoms with van der Waals surface area (Å²) < 4.78 is 0. The third kappa shape index (κ3) is 4.14. The van der Waals surface area contributed by atoms with E-state index in [1.807, 2.05) is 17.0 Å². The van der Waals surface area contributed by atoms with E-state index in [4.69, 9.17) is 0 Å². The summed E-state index contributed by atoms with van der Waals surface area (Å²) in [5.74, 6) is 0.918. The lowest BCUT2D eigenvalue weighted by Crippen LogP contribution is -2.48. The van der Waals surface area contributed by atoms with Crippen LogP contribution in [0, 0.1) is 0 Å². The molecule has 0 unspecified atom stereocenters. The number of rotatable bonds is 4. The van der Waals surface area contributed by atoms with Gasteiger partial charge in [0.25, 0.3) is 5.91 Å². The number of carbonyl (C=O) groups is 1. The Bertz CT molecular complexity index is 497. The first-order valence-corrected chi connectivity index (χ1v) is 9.39. The van der Waals surface area contributed by atoms with Gasteiger partial charge < -0.3 is 4.90 Å². The first kappa shape index (κ1) is 16.5. The molecule has 23 heavy (non-hydrogen) atoms. The van der Waals surface area contributed by atoms with E-state index in [9.17, 15) is 4.79 Å². The smallest absolute Gasteiger partial charge is 0.253 e. The first-order chi connectivity index (χ1) is 11.3. The zero-order valence-corrected chi connectivity index (χ0v) is 14.5. The van der Waals surface area contributed by atoms with Crippen LogP contribution in [0.1, 0.15) is 67.3 Å². The quantitative estimate of drug-likeness (QED) is 0.841. The summed E-state index contributed by atoms with van der Waals surface area (Å²) in [5.41, 5.74) is 2.28. The molecule has 1 aliphatic carbocycles. The number of amides is 1. The largest absolute Gasteiger partial charge is 0.336 e. The summed E-state index contributed by atoms with van der Waals surface area (Å²) in [7, 11) is 0. The van der Waals surface area contributed by atoms with Crippen LogP contribution in [0.5, 0.6) is 0 Å². The monoisotopic (exact) mass is 314 g/mol. The lowest BCUT2D eigenvalue weighted by molar-refractivity contribution is 0.0637. The number of carbonyl (C=O) groups excluding carboxylic acids is 1. The molecular weight excluding hydrogens is 284 g/mol. The van der Waals surface area contributed by atoms with E-state index in [1.54, 1.807) is 0 Å². The Hall–Kier alpha value is -1.35. The van der Waals surface area contributed by atoms with Gasteiger partial charge in [0, 0.05) is 31.7 Å². The summed E-state index contributed by atoms with van der Waals surface area (Å²) in [4.78, 5) is 17.1. The Balaban J connectivity index is 1.57. The van der Waals surface area contributed by atoms with E-state index < -0.39 is 0 Å². The minimum absolute atomic E-state index is 0.205. The lowest BCUT2D eigenvalue weighted by atomic mass is 9.84. The van der Waals surface area contributed by atoms with Crippen molar-refractivity contribution in [1.29, 1.82) is 0 Å². The van der Waals surface area contributed by atoms with Crippen LogP contribution in [0.25, 0.3) is 0 Å². The molecule has 1 aromatic rings. The van der Waals surface area contributed by atoms with Crippen molar-refractivity contribution in [2.24, 2.45) is 0 Å². The second kappa shape index (κ2) is 7.96. The molecule has 1 amide bonds. The molecule has 2 aliphatic rings. The summed E-state index contributed by atoms with van der Waals surface area (Å²) in [6.07, 6.45) is 7.91. The van der Waals surface area contributed by atoms with E-state index in [0.29, 0.717) is 5.92 Å². The van der Waals surface area contributed by atoms with Gasteiger partial charge in [-0.2, -0.15) is 0 Å². The van der Waals surface area contributed by atoms with Gasteiger partial charge in [0.2, 0.25) is 0 Å². The molecule has 1 saturated carbocycles. The van der Waals surface area contributed by atoms with Crippen molar-refractivity contribution >= 4 is 5.91 Å². The molecule has 0 N–H and O–H groups in total. The Kier molecular flexibility index (Phi) is 5.71. The average Bonchev–Trinajstić information content (AvgIpc) is 2.63. The second-order valence-corrected chi connectivity index (χ2v) is 7.09. The normalized spacial score (nSPS) is 20.7. The molecule has 3 rings (SSSR count). The van der Waals surface area contributed by atoms with Crippen LogP contribution in [0.2, 0.25) is 0 Å². The van der Waals surface area contributed by atoms with E-state index >= 15 is 0 Å². The molecule has 2 fully saturated rings. The third-order valence-corrected chi connectivity index (χ3v) is 5.43. The molecule has 1 aromatic carbocycles. The van der Waals surface area contributed by atoms with Crippen LogP contribution in [-0.2, 0) is 0 Å². The molecule has 0 aromatic heterocycles. The summed E-state index contributed by atoms with van der Waals surface area (Å²) in [6.45, 7) is 7.12. The summed E-state index contributed by atoms with van der Waals surface area (Å²) in [5, 5.41) is 0. The highest BCUT2D eigenvalue weighted by Gasteiger charge is 2.22. The predicted octanol–water partition coefficient (Wildman–Crippen LogP) is 3.90. The molecule has 3 heteroatoms. The van der Waals surface area contributed by atoms with Crippen LogP contribution in [-0.4, -0.2) is 48.4 Å². The van der Waals surface area contributed by atoms with Crippen LogP contribution in [0.3, 0.4) is 0 Å². The van der Waals surface area contributed by atoms with Gasteiger partial charge in [0.1, 0.15) is 0 Å². The highest BCUT2D eigenvalue weighted by Crippen LogP contribution is 2.32. The predicted molar refractivity (Wildman–Crippen MR) is 94.9 cm³/mol. The topological polar surface area (TPSA) is 23.6 Å². The van der Waals surface area contributed by atoms with Gasteiger partial charge >= 0.3 is 0 Å². The minimum atomic E-state index is 0.205. The molecule has 0 radical (unpaired) electrons. The Morgan fingerprint density at radius 3 is 2.26 bits per heavy atom. The van der Waals surface area contributed by atoms with Crippen molar-refractivity contribution in [3.8, 4) is 0 Å². The van der Waals surface area contributed by atoms with Gasteiger partial charge in [-0.3, -0.25) is 9.69 Å². The summed E-state index contributed by atoms with van der Waals surface area (Å²) >= 11 is 0. The van der Waals surface area contributed by atoms with Crippen molar-refractivity contribution < 1.29 is 4.79 Å². The molecule has 126 valence electrons. The van der Waals surface area contributed by atoms with Crippen LogP contribution >= 0.6 is 0 Å². The number of nitrogens with zero attached hydrogens (tertiary/aromatic N) is 2. The average molecular weight is 314 g/mol. The van der Waals surface area contributed by atoms with E-state index in [-0.39, 0.29) is 5.91 Å². The minimum Gasteiger partial charge on any atom is -0.336 e. The maximum absolute atomic E-state index is 12.7.